The zero-order chi connectivity index (χ0) is 19.8. The first-order chi connectivity index (χ1) is 13.0. The minimum atomic E-state index is -0.914. The number of amides is 2. The Morgan fingerprint density at radius 1 is 1.00 bits per heavy atom. The number of primary amides is 1. The summed E-state index contributed by atoms with van der Waals surface area (Å²) in [5, 5.41) is 2.60. The quantitative estimate of drug-likeness (QED) is 0.693. The van der Waals surface area contributed by atoms with Gasteiger partial charge in [0, 0.05) is 6.08 Å². The average Bonchev–Trinajstić information content (AvgIpc) is 2.69. The van der Waals surface area contributed by atoms with E-state index in [1.807, 2.05) is 6.07 Å². The standard InChI is InChI=1S/C20H22N2O5/c1-25-15-11-13(12-16(26-2)19(15)27-3)9-10-17(23)22-18(20(21)24)14-7-5-4-6-8-14/h4-12,18H,1-3H3,(H2,21,24)(H,22,23)/b10-9+. The van der Waals surface area contributed by atoms with Crippen molar-refractivity contribution in [1.29, 1.82) is 0 Å². The van der Waals surface area contributed by atoms with Gasteiger partial charge in [-0.1, -0.05) is 30.3 Å². The fourth-order valence-corrected chi connectivity index (χ4v) is 2.52. The van der Waals surface area contributed by atoms with E-state index < -0.39 is 17.9 Å². The Kier molecular flexibility index (Phi) is 6.82. The Balaban J connectivity index is 2.19. The van der Waals surface area contributed by atoms with Gasteiger partial charge >= 0.3 is 0 Å². The molecule has 1 unspecified atom stereocenters. The van der Waals surface area contributed by atoms with Crippen LogP contribution in [0.15, 0.2) is 48.5 Å². The van der Waals surface area contributed by atoms with Crippen molar-refractivity contribution >= 4 is 17.9 Å². The minimum absolute atomic E-state index is 0.458. The van der Waals surface area contributed by atoms with Crippen LogP contribution in [-0.4, -0.2) is 33.1 Å². The van der Waals surface area contributed by atoms with Crippen LogP contribution in [0.4, 0.5) is 0 Å². The lowest BCUT2D eigenvalue weighted by atomic mass is 10.1. The van der Waals surface area contributed by atoms with Crippen LogP contribution in [-0.2, 0) is 9.59 Å². The molecule has 0 spiro atoms. The molecule has 2 rings (SSSR count). The Hall–Kier alpha value is -3.48. The van der Waals surface area contributed by atoms with Gasteiger partial charge < -0.3 is 25.3 Å². The molecule has 2 aromatic rings. The summed E-state index contributed by atoms with van der Waals surface area (Å²) < 4.78 is 15.8. The van der Waals surface area contributed by atoms with Gasteiger partial charge in [0.15, 0.2) is 11.5 Å². The summed E-state index contributed by atoms with van der Waals surface area (Å²) in [4.78, 5) is 23.9. The molecule has 0 aromatic heterocycles. The van der Waals surface area contributed by atoms with Crippen LogP contribution in [0.1, 0.15) is 17.2 Å². The van der Waals surface area contributed by atoms with Gasteiger partial charge in [0.1, 0.15) is 6.04 Å². The van der Waals surface area contributed by atoms with Crippen LogP contribution in [0.5, 0.6) is 17.2 Å². The highest BCUT2D eigenvalue weighted by atomic mass is 16.5. The molecule has 2 amide bonds. The maximum Gasteiger partial charge on any atom is 0.244 e. The van der Waals surface area contributed by atoms with Gasteiger partial charge in [-0.05, 0) is 29.3 Å². The van der Waals surface area contributed by atoms with Crippen molar-refractivity contribution in [2.24, 2.45) is 5.73 Å². The smallest absolute Gasteiger partial charge is 0.244 e. The van der Waals surface area contributed by atoms with E-state index in [0.29, 0.717) is 28.4 Å². The van der Waals surface area contributed by atoms with Crippen LogP contribution >= 0.6 is 0 Å². The molecular weight excluding hydrogens is 348 g/mol. The minimum Gasteiger partial charge on any atom is -0.493 e. The zero-order valence-corrected chi connectivity index (χ0v) is 15.4. The highest BCUT2D eigenvalue weighted by Crippen LogP contribution is 2.38. The van der Waals surface area contributed by atoms with Gasteiger partial charge in [0.25, 0.3) is 0 Å². The molecule has 7 heteroatoms. The average molecular weight is 370 g/mol. The second-order valence-corrected chi connectivity index (χ2v) is 5.55. The molecule has 0 heterocycles. The predicted octanol–water partition coefficient (Wildman–Crippen LogP) is 2.07. The summed E-state index contributed by atoms with van der Waals surface area (Å²) >= 11 is 0. The van der Waals surface area contributed by atoms with Crippen molar-refractivity contribution in [3.63, 3.8) is 0 Å². The van der Waals surface area contributed by atoms with Crippen molar-refractivity contribution in [2.45, 2.75) is 6.04 Å². The Bertz CT molecular complexity index is 809. The van der Waals surface area contributed by atoms with E-state index in [0.717, 1.165) is 0 Å². The molecular formula is C20H22N2O5. The second kappa shape index (κ2) is 9.28. The van der Waals surface area contributed by atoms with E-state index in [2.05, 4.69) is 5.32 Å². The first-order valence-electron chi connectivity index (χ1n) is 8.13. The van der Waals surface area contributed by atoms with Gasteiger partial charge in [-0.3, -0.25) is 9.59 Å². The highest BCUT2D eigenvalue weighted by molar-refractivity contribution is 5.95. The first kappa shape index (κ1) is 19.8. The lowest BCUT2D eigenvalue weighted by Gasteiger charge is -2.14. The van der Waals surface area contributed by atoms with E-state index in [1.54, 1.807) is 42.5 Å². The van der Waals surface area contributed by atoms with Gasteiger partial charge in [0.05, 0.1) is 21.3 Å². The normalized spacial score (nSPS) is 11.7. The first-order valence-corrected chi connectivity index (χ1v) is 8.13. The van der Waals surface area contributed by atoms with Crippen LogP contribution in [0.25, 0.3) is 6.08 Å². The molecule has 0 fully saturated rings. The number of carbonyl (C=O) groups excluding carboxylic acids is 2. The lowest BCUT2D eigenvalue weighted by molar-refractivity contribution is -0.125. The number of methoxy groups -OCH3 is 3. The Morgan fingerprint density at radius 2 is 1.59 bits per heavy atom. The van der Waals surface area contributed by atoms with Crippen molar-refractivity contribution in [1.82, 2.24) is 5.32 Å². The summed E-state index contributed by atoms with van der Waals surface area (Å²) in [6.45, 7) is 0. The second-order valence-electron chi connectivity index (χ2n) is 5.55. The van der Waals surface area contributed by atoms with Crippen molar-refractivity contribution in [3.8, 4) is 17.2 Å². The van der Waals surface area contributed by atoms with Crippen molar-refractivity contribution in [3.05, 3.63) is 59.7 Å². The van der Waals surface area contributed by atoms with Gasteiger partial charge in [-0.15, -0.1) is 0 Å². The monoisotopic (exact) mass is 370 g/mol. The number of benzene rings is 2. The molecule has 0 bridgehead atoms. The fourth-order valence-electron chi connectivity index (χ4n) is 2.52. The topological polar surface area (TPSA) is 99.9 Å². The Morgan fingerprint density at radius 3 is 2.07 bits per heavy atom. The van der Waals surface area contributed by atoms with Crippen LogP contribution < -0.4 is 25.3 Å². The summed E-state index contributed by atoms with van der Waals surface area (Å²) in [7, 11) is 4.53. The summed E-state index contributed by atoms with van der Waals surface area (Å²) in [6.07, 6.45) is 2.88. The molecule has 2 aromatic carbocycles. The largest absolute Gasteiger partial charge is 0.493 e. The van der Waals surface area contributed by atoms with E-state index in [4.69, 9.17) is 19.9 Å². The summed E-state index contributed by atoms with van der Waals surface area (Å²) in [6, 6.07) is 11.3. The van der Waals surface area contributed by atoms with Crippen LogP contribution in [0.2, 0.25) is 0 Å². The zero-order valence-electron chi connectivity index (χ0n) is 15.4. The molecule has 0 saturated heterocycles. The molecule has 0 aliphatic carbocycles. The molecule has 0 aliphatic rings. The van der Waals surface area contributed by atoms with Gasteiger partial charge in [0.2, 0.25) is 17.6 Å². The maximum absolute atomic E-state index is 12.2. The number of hydrogen-bond donors (Lipinski definition) is 2. The third-order valence-electron chi connectivity index (χ3n) is 3.82. The van der Waals surface area contributed by atoms with Crippen LogP contribution in [0.3, 0.4) is 0 Å². The van der Waals surface area contributed by atoms with Gasteiger partial charge in [-0.25, -0.2) is 0 Å². The number of rotatable bonds is 8. The van der Waals surface area contributed by atoms with E-state index >= 15 is 0 Å². The van der Waals surface area contributed by atoms with E-state index in [1.165, 1.54) is 27.4 Å². The third kappa shape index (κ3) is 5.01. The number of nitrogens with one attached hydrogen (secondary N) is 1. The fraction of sp³-hybridized carbons (Fsp3) is 0.200. The van der Waals surface area contributed by atoms with E-state index in [-0.39, 0.29) is 0 Å². The number of hydrogen-bond acceptors (Lipinski definition) is 5. The number of carbonyl (C=O) groups is 2. The molecule has 0 aliphatic heterocycles. The molecule has 0 radical (unpaired) electrons. The molecule has 27 heavy (non-hydrogen) atoms. The van der Waals surface area contributed by atoms with Crippen molar-refractivity contribution < 1.29 is 23.8 Å². The summed E-state index contributed by atoms with van der Waals surface area (Å²) in [5.74, 6) is 0.291. The predicted molar refractivity (Wildman–Crippen MR) is 102 cm³/mol. The maximum atomic E-state index is 12.2. The Labute approximate surface area is 157 Å². The number of nitrogens with two attached hydrogens (primary N) is 1. The SMILES string of the molecule is COc1cc(/C=C/C(=O)NC(C(N)=O)c2ccccc2)cc(OC)c1OC. The van der Waals surface area contributed by atoms with Crippen molar-refractivity contribution in [2.75, 3.05) is 21.3 Å². The molecule has 7 nitrogen and oxygen atoms in total. The van der Waals surface area contributed by atoms with Crippen LogP contribution in [0, 0.1) is 0 Å². The highest BCUT2D eigenvalue weighted by Gasteiger charge is 2.19. The van der Waals surface area contributed by atoms with E-state index in [9.17, 15) is 9.59 Å². The number of ether oxygens (including phenoxy) is 3. The molecule has 0 saturated carbocycles. The lowest BCUT2D eigenvalue weighted by Crippen LogP contribution is -2.36. The third-order valence-corrected chi connectivity index (χ3v) is 3.82. The van der Waals surface area contributed by atoms with Gasteiger partial charge in [-0.2, -0.15) is 0 Å². The molecule has 3 N–H and O–H groups in total. The molecule has 142 valence electrons. The molecule has 1 atom stereocenters. The summed E-state index contributed by atoms with van der Waals surface area (Å²) in [5.41, 5.74) is 6.68.